The van der Waals surface area contributed by atoms with Crippen molar-refractivity contribution < 1.29 is 9.59 Å². The SMILES string of the molecule is N#Cc1cccc(CN2CC[C@@H](C(N)=O)C2=O)c1. The highest BCUT2D eigenvalue weighted by Gasteiger charge is 2.35. The Bertz CT molecular complexity index is 533. The van der Waals surface area contributed by atoms with E-state index in [0.29, 0.717) is 25.1 Å². The molecule has 0 aromatic heterocycles. The minimum atomic E-state index is -0.691. The Kier molecular flexibility index (Phi) is 3.28. The van der Waals surface area contributed by atoms with Crippen LogP contribution in [0.5, 0.6) is 0 Å². The number of rotatable bonds is 3. The summed E-state index contributed by atoms with van der Waals surface area (Å²) in [6, 6.07) is 9.13. The molecule has 2 amide bonds. The van der Waals surface area contributed by atoms with E-state index in [2.05, 4.69) is 6.07 Å². The molecule has 1 saturated heterocycles. The first-order valence-electron chi connectivity index (χ1n) is 5.69. The molecule has 1 aromatic carbocycles. The molecule has 0 spiro atoms. The van der Waals surface area contributed by atoms with Gasteiger partial charge in [-0.2, -0.15) is 5.26 Å². The summed E-state index contributed by atoms with van der Waals surface area (Å²) < 4.78 is 0. The number of carbonyl (C=O) groups is 2. The second-order valence-corrected chi connectivity index (χ2v) is 4.32. The number of amides is 2. The summed E-state index contributed by atoms with van der Waals surface area (Å²) in [4.78, 5) is 24.5. The van der Waals surface area contributed by atoms with Crippen LogP contribution in [0.3, 0.4) is 0 Å². The van der Waals surface area contributed by atoms with Gasteiger partial charge in [0.1, 0.15) is 5.92 Å². The summed E-state index contributed by atoms with van der Waals surface area (Å²) in [7, 11) is 0. The van der Waals surface area contributed by atoms with E-state index in [0.717, 1.165) is 5.56 Å². The van der Waals surface area contributed by atoms with Crippen molar-refractivity contribution in [3.8, 4) is 6.07 Å². The van der Waals surface area contributed by atoms with E-state index in [9.17, 15) is 9.59 Å². The predicted octanol–water partition coefficient (Wildman–Crippen LogP) is 0.392. The van der Waals surface area contributed by atoms with Crippen LogP contribution < -0.4 is 5.73 Å². The van der Waals surface area contributed by atoms with Crippen molar-refractivity contribution in [2.75, 3.05) is 6.54 Å². The average molecular weight is 243 g/mol. The molecule has 1 aliphatic rings. The van der Waals surface area contributed by atoms with Crippen molar-refractivity contribution in [2.24, 2.45) is 11.7 Å². The molecule has 0 aliphatic carbocycles. The second-order valence-electron chi connectivity index (χ2n) is 4.32. The maximum absolute atomic E-state index is 11.9. The molecule has 0 bridgehead atoms. The van der Waals surface area contributed by atoms with Crippen molar-refractivity contribution in [1.29, 1.82) is 5.26 Å². The number of nitrogens with two attached hydrogens (primary N) is 1. The van der Waals surface area contributed by atoms with Crippen LogP contribution in [0, 0.1) is 17.2 Å². The molecule has 2 N–H and O–H groups in total. The van der Waals surface area contributed by atoms with Crippen molar-refractivity contribution in [2.45, 2.75) is 13.0 Å². The zero-order valence-corrected chi connectivity index (χ0v) is 9.80. The highest BCUT2D eigenvalue weighted by Crippen LogP contribution is 2.20. The van der Waals surface area contributed by atoms with Gasteiger partial charge in [0.15, 0.2) is 0 Å². The quantitative estimate of drug-likeness (QED) is 0.779. The van der Waals surface area contributed by atoms with Gasteiger partial charge in [-0.3, -0.25) is 9.59 Å². The molecule has 18 heavy (non-hydrogen) atoms. The topological polar surface area (TPSA) is 87.2 Å². The first kappa shape index (κ1) is 12.1. The number of hydrogen-bond donors (Lipinski definition) is 1. The smallest absolute Gasteiger partial charge is 0.235 e. The lowest BCUT2D eigenvalue weighted by molar-refractivity contribution is -0.136. The van der Waals surface area contributed by atoms with Crippen LogP contribution in [0.1, 0.15) is 17.5 Å². The molecule has 1 atom stereocenters. The van der Waals surface area contributed by atoms with E-state index in [1.54, 1.807) is 23.1 Å². The van der Waals surface area contributed by atoms with Crippen LogP contribution in [0.4, 0.5) is 0 Å². The fraction of sp³-hybridized carbons (Fsp3) is 0.308. The van der Waals surface area contributed by atoms with Gasteiger partial charge in [-0.25, -0.2) is 0 Å². The predicted molar refractivity (Wildman–Crippen MR) is 63.9 cm³/mol. The lowest BCUT2D eigenvalue weighted by atomic mass is 10.1. The van der Waals surface area contributed by atoms with E-state index in [4.69, 9.17) is 11.0 Å². The van der Waals surface area contributed by atoms with Gasteiger partial charge in [-0.15, -0.1) is 0 Å². The number of nitrogens with zero attached hydrogens (tertiary/aromatic N) is 2. The van der Waals surface area contributed by atoms with Crippen LogP contribution in [0.15, 0.2) is 24.3 Å². The maximum atomic E-state index is 11.9. The highest BCUT2D eigenvalue weighted by molar-refractivity contribution is 6.00. The van der Waals surface area contributed by atoms with Crippen LogP contribution in [-0.4, -0.2) is 23.3 Å². The number of benzene rings is 1. The van der Waals surface area contributed by atoms with Crippen LogP contribution in [-0.2, 0) is 16.1 Å². The minimum Gasteiger partial charge on any atom is -0.369 e. The Morgan fingerprint density at radius 3 is 2.94 bits per heavy atom. The molecule has 1 heterocycles. The van der Waals surface area contributed by atoms with Gasteiger partial charge in [-0.1, -0.05) is 12.1 Å². The summed E-state index contributed by atoms with van der Waals surface area (Å²) in [5.41, 5.74) is 6.60. The molecule has 92 valence electrons. The molecular formula is C13H13N3O2. The lowest BCUT2D eigenvalue weighted by Gasteiger charge is -2.16. The van der Waals surface area contributed by atoms with E-state index >= 15 is 0 Å². The third-order valence-electron chi connectivity index (χ3n) is 3.07. The largest absolute Gasteiger partial charge is 0.369 e. The molecule has 1 fully saturated rings. The zero-order valence-electron chi connectivity index (χ0n) is 9.80. The van der Waals surface area contributed by atoms with Gasteiger partial charge in [0.25, 0.3) is 0 Å². The Balaban J connectivity index is 2.09. The highest BCUT2D eigenvalue weighted by atomic mass is 16.2. The molecule has 0 unspecified atom stereocenters. The van der Waals surface area contributed by atoms with E-state index in [1.165, 1.54) is 0 Å². The lowest BCUT2D eigenvalue weighted by Crippen LogP contribution is -2.33. The molecule has 2 rings (SSSR count). The van der Waals surface area contributed by atoms with Gasteiger partial charge in [0.2, 0.25) is 11.8 Å². The third kappa shape index (κ3) is 2.33. The molecule has 0 saturated carbocycles. The van der Waals surface area contributed by atoms with Gasteiger partial charge >= 0.3 is 0 Å². The number of likely N-dealkylation sites (tertiary alicyclic amines) is 1. The summed E-state index contributed by atoms with van der Waals surface area (Å²) in [5, 5.41) is 8.80. The Morgan fingerprint density at radius 1 is 1.56 bits per heavy atom. The van der Waals surface area contributed by atoms with E-state index in [-0.39, 0.29) is 5.91 Å². The van der Waals surface area contributed by atoms with Crippen molar-refractivity contribution >= 4 is 11.8 Å². The van der Waals surface area contributed by atoms with E-state index in [1.807, 2.05) is 6.07 Å². The van der Waals surface area contributed by atoms with Crippen molar-refractivity contribution in [3.63, 3.8) is 0 Å². The maximum Gasteiger partial charge on any atom is 0.235 e. The summed E-state index contributed by atoms with van der Waals surface area (Å²) >= 11 is 0. The molecule has 1 aromatic rings. The van der Waals surface area contributed by atoms with Crippen LogP contribution in [0.2, 0.25) is 0 Å². The van der Waals surface area contributed by atoms with Crippen molar-refractivity contribution in [3.05, 3.63) is 35.4 Å². The standard InChI is InChI=1S/C13H13N3O2/c14-7-9-2-1-3-10(6-9)8-16-5-4-11(12(15)17)13(16)18/h1-3,6,11H,4-5,8H2,(H2,15,17)/t11-/m0/s1. The third-order valence-corrected chi connectivity index (χ3v) is 3.07. The Hall–Kier alpha value is -2.35. The Morgan fingerprint density at radius 2 is 2.33 bits per heavy atom. The summed E-state index contributed by atoms with van der Waals surface area (Å²) in [5.74, 6) is -1.47. The normalized spacial score (nSPS) is 18.7. The first-order valence-corrected chi connectivity index (χ1v) is 5.69. The van der Waals surface area contributed by atoms with Crippen molar-refractivity contribution in [1.82, 2.24) is 4.90 Å². The molecule has 0 radical (unpaired) electrons. The molecule has 5 nitrogen and oxygen atoms in total. The van der Waals surface area contributed by atoms with Crippen LogP contribution in [0.25, 0.3) is 0 Å². The summed E-state index contributed by atoms with van der Waals surface area (Å²) in [6.07, 6.45) is 0.478. The number of primary amides is 1. The molecule has 1 aliphatic heterocycles. The fourth-order valence-electron chi connectivity index (χ4n) is 2.12. The zero-order chi connectivity index (χ0) is 13.1. The first-order chi connectivity index (χ1) is 8.61. The summed E-state index contributed by atoms with van der Waals surface area (Å²) in [6.45, 7) is 0.946. The molecule has 5 heteroatoms. The monoisotopic (exact) mass is 243 g/mol. The number of hydrogen-bond acceptors (Lipinski definition) is 3. The second kappa shape index (κ2) is 4.88. The molecular weight excluding hydrogens is 230 g/mol. The Labute approximate surface area is 105 Å². The van der Waals surface area contributed by atoms with Gasteiger partial charge < -0.3 is 10.6 Å². The van der Waals surface area contributed by atoms with E-state index < -0.39 is 11.8 Å². The minimum absolute atomic E-state index is 0.218. The average Bonchev–Trinajstić information content (AvgIpc) is 2.71. The number of nitriles is 1. The van der Waals surface area contributed by atoms with Crippen LogP contribution >= 0.6 is 0 Å². The van der Waals surface area contributed by atoms with Gasteiger partial charge in [0.05, 0.1) is 11.6 Å². The fourth-order valence-corrected chi connectivity index (χ4v) is 2.12. The van der Waals surface area contributed by atoms with Gasteiger partial charge in [-0.05, 0) is 24.1 Å². The number of carbonyl (C=O) groups excluding carboxylic acids is 2. The van der Waals surface area contributed by atoms with Gasteiger partial charge in [0, 0.05) is 13.1 Å².